The number of anilines is 1. The molecule has 1 aliphatic rings. The second kappa shape index (κ2) is 10.8. The van der Waals surface area contributed by atoms with Gasteiger partial charge in [0.25, 0.3) is 0 Å². The van der Waals surface area contributed by atoms with Gasteiger partial charge in [-0.25, -0.2) is 0 Å². The molecule has 1 aromatic carbocycles. The van der Waals surface area contributed by atoms with Gasteiger partial charge in [0.2, 0.25) is 5.91 Å². The summed E-state index contributed by atoms with van der Waals surface area (Å²) in [5, 5.41) is 0. The first-order valence-corrected chi connectivity index (χ1v) is 11.2. The summed E-state index contributed by atoms with van der Waals surface area (Å²) >= 11 is 0. The van der Waals surface area contributed by atoms with Gasteiger partial charge in [-0.3, -0.25) is 4.79 Å². The van der Waals surface area contributed by atoms with Crippen molar-refractivity contribution in [2.75, 3.05) is 24.5 Å². The maximum absolute atomic E-state index is 12.7. The number of carbonyl (C=O) groups excluding carboxylic acids is 1. The van der Waals surface area contributed by atoms with Gasteiger partial charge in [0.1, 0.15) is 0 Å². The summed E-state index contributed by atoms with van der Waals surface area (Å²) in [6.45, 7) is 15.5. The Morgan fingerprint density at radius 3 is 2.21 bits per heavy atom. The monoisotopic (exact) mass is 399 g/mol. The number of hydrogen-bond acceptors (Lipinski definition) is 3. The predicted octanol–water partition coefficient (Wildman–Crippen LogP) is 4.95. The Balaban J connectivity index is 2.07. The maximum atomic E-state index is 12.7. The number of rotatable bonds is 8. The fraction of sp³-hybridized carbons (Fsp3) is 0.640. The van der Waals surface area contributed by atoms with Crippen LogP contribution in [-0.2, 0) is 4.79 Å². The van der Waals surface area contributed by atoms with Gasteiger partial charge in [0, 0.05) is 31.4 Å². The van der Waals surface area contributed by atoms with Gasteiger partial charge in [-0.1, -0.05) is 51.5 Å². The van der Waals surface area contributed by atoms with E-state index in [1.54, 1.807) is 0 Å². The van der Waals surface area contributed by atoms with Crippen LogP contribution in [0.5, 0.6) is 0 Å². The first-order valence-electron chi connectivity index (χ1n) is 11.2. The highest BCUT2D eigenvalue weighted by Crippen LogP contribution is 2.26. The highest BCUT2D eigenvalue weighted by Gasteiger charge is 2.29. The van der Waals surface area contributed by atoms with Gasteiger partial charge >= 0.3 is 0 Å². The predicted molar refractivity (Wildman–Crippen MR) is 124 cm³/mol. The van der Waals surface area contributed by atoms with E-state index in [9.17, 15) is 4.79 Å². The minimum atomic E-state index is -0.364. The van der Waals surface area contributed by atoms with Crippen molar-refractivity contribution in [1.29, 1.82) is 0 Å². The number of allylic oxidation sites excluding steroid dienone is 1. The smallest absolute Gasteiger partial charge is 0.239 e. The van der Waals surface area contributed by atoms with E-state index in [4.69, 9.17) is 5.73 Å². The molecule has 0 aromatic heterocycles. The third-order valence-corrected chi connectivity index (χ3v) is 5.85. The minimum Gasteiger partial charge on any atom is -0.365 e. The molecule has 29 heavy (non-hydrogen) atoms. The summed E-state index contributed by atoms with van der Waals surface area (Å²) in [4.78, 5) is 17.2. The van der Waals surface area contributed by atoms with Gasteiger partial charge < -0.3 is 15.5 Å². The molecule has 1 aromatic rings. The molecule has 4 heteroatoms. The third-order valence-electron chi connectivity index (χ3n) is 5.85. The lowest BCUT2D eigenvalue weighted by Gasteiger charge is -2.40. The quantitative estimate of drug-likeness (QED) is 0.630. The first-order chi connectivity index (χ1) is 13.7. The molecule has 4 nitrogen and oxygen atoms in total. The van der Waals surface area contributed by atoms with Crippen molar-refractivity contribution in [3.05, 3.63) is 41.5 Å². The van der Waals surface area contributed by atoms with E-state index < -0.39 is 0 Å². The lowest BCUT2D eigenvalue weighted by molar-refractivity contribution is -0.134. The van der Waals surface area contributed by atoms with Crippen LogP contribution in [-0.4, -0.2) is 42.5 Å². The Hall–Kier alpha value is -1.81. The summed E-state index contributed by atoms with van der Waals surface area (Å²) in [6.07, 6.45) is 5.03. The van der Waals surface area contributed by atoms with Crippen LogP contribution < -0.4 is 10.6 Å². The number of nitrogens with zero attached hydrogens (tertiary/aromatic N) is 2. The van der Waals surface area contributed by atoms with Gasteiger partial charge in [0.15, 0.2) is 0 Å². The normalized spacial score (nSPS) is 16.2. The van der Waals surface area contributed by atoms with E-state index in [2.05, 4.69) is 76.8 Å². The van der Waals surface area contributed by atoms with E-state index >= 15 is 0 Å². The average molecular weight is 400 g/mol. The maximum Gasteiger partial charge on any atom is 0.239 e. The van der Waals surface area contributed by atoms with Crippen molar-refractivity contribution in [2.24, 2.45) is 11.7 Å². The number of nitrogens with two attached hydrogens (primary N) is 1. The van der Waals surface area contributed by atoms with Crippen LogP contribution in [0, 0.1) is 5.92 Å². The summed E-state index contributed by atoms with van der Waals surface area (Å²) in [7, 11) is 0. The van der Waals surface area contributed by atoms with Crippen molar-refractivity contribution >= 4 is 11.6 Å². The highest BCUT2D eigenvalue weighted by atomic mass is 16.2. The Labute approximate surface area is 178 Å². The molecule has 1 amide bonds. The Kier molecular flexibility index (Phi) is 8.76. The van der Waals surface area contributed by atoms with E-state index in [1.165, 1.54) is 16.8 Å². The van der Waals surface area contributed by atoms with Crippen LogP contribution in [0.2, 0.25) is 0 Å². The Morgan fingerprint density at radius 2 is 1.72 bits per heavy atom. The molecule has 1 saturated heterocycles. The van der Waals surface area contributed by atoms with Crippen LogP contribution in [0.3, 0.4) is 0 Å². The molecule has 1 atom stereocenters. The molecule has 0 unspecified atom stereocenters. The van der Waals surface area contributed by atoms with E-state index in [1.807, 2.05) is 4.90 Å². The molecule has 0 saturated carbocycles. The lowest BCUT2D eigenvalue weighted by atomic mass is 9.98. The fourth-order valence-electron chi connectivity index (χ4n) is 4.04. The van der Waals surface area contributed by atoms with Crippen LogP contribution in [0.25, 0.3) is 0 Å². The standard InChI is InChI=1S/C25H41N3O/c1-18(2)11-16-28(22-9-7-21(8-10-22)20(5)6)23-12-14-27(15-13-23)25(29)24(26)17-19(3)4/h7-11,19-20,23-24H,12-17,26H2,1-6H3/t24-/m0/s1. The van der Waals surface area contributed by atoms with Gasteiger partial charge in [-0.2, -0.15) is 0 Å². The topological polar surface area (TPSA) is 49.6 Å². The van der Waals surface area contributed by atoms with Crippen LogP contribution in [0.15, 0.2) is 35.9 Å². The number of benzene rings is 1. The molecule has 1 fully saturated rings. The summed E-state index contributed by atoms with van der Waals surface area (Å²) in [6, 6.07) is 9.09. The zero-order chi connectivity index (χ0) is 21.6. The molecular formula is C25H41N3O. The molecule has 2 N–H and O–H groups in total. The van der Waals surface area contributed by atoms with E-state index in [0.29, 0.717) is 17.9 Å². The van der Waals surface area contributed by atoms with Crippen molar-refractivity contribution in [3.63, 3.8) is 0 Å². The van der Waals surface area contributed by atoms with E-state index in [-0.39, 0.29) is 11.9 Å². The second-order valence-corrected chi connectivity index (χ2v) is 9.47. The lowest BCUT2D eigenvalue weighted by Crippen LogP contribution is -2.51. The second-order valence-electron chi connectivity index (χ2n) is 9.47. The van der Waals surface area contributed by atoms with Crippen molar-refractivity contribution in [1.82, 2.24) is 4.90 Å². The molecule has 1 heterocycles. The summed E-state index contributed by atoms with van der Waals surface area (Å²) in [5.74, 6) is 1.11. The highest BCUT2D eigenvalue weighted by molar-refractivity contribution is 5.81. The van der Waals surface area contributed by atoms with Gasteiger partial charge in [-0.15, -0.1) is 0 Å². The summed E-state index contributed by atoms with van der Waals surface area (Å²) < 4.78 is 0. The molecular weight excluding hydrogens is 358 g/mol. The van der Waals surface area contributed by atoms with Crippen LogP contribution in [0.4, 0.5) is 5.69 Å². The van der Waals surface area contributed by atoms with Crippen molar-refractivity contribution in [3.8, 4) is 0 Å². The molecule has 0 aliphatic carbocycles. The molecule has 2 rings (SSSR count). The molecule has 0 spiro atoms. The van der Waals surface area contributed by atoms with Crippen molar-refractivity contribution in [2.45, 2.75) is 78.8 Å². The first kappa shape index (κ1) is 23.5. The minimum absolute atomic E-state index is 0.120. The van der Waals surface area contributed by atoms with Crippen LogP contribution in [0.1, 0.15) is 72.3 Å². The number of carbonyl (C=O) groups is 1. The molecule has 0 radical (unpaired) electrons. The summed E-state index contributed by atoms with van der Waals surface area (Å²) in [5.41, 5.74) is 10.1. The molecule has 162 valence electrons. The number of likely N-dealkylation sites (tertiary alicyclic amines) is 1. The van der Waals surface area contributed by atoms with Gasteiger partial charge in [-0.05, 0) is 62.6 Å². The Bertz CT molecular complexity index is 666. The average Bonchev–Trinajstić information content (AvgIpc) is 2.67. The van der Waals surface area contributed by atoms with Crippen LogP contribution >= 0.6 is 0 Å². The third kappa shape index (κ3) is 6.88. The Morgan fingerprint density at radius 1 is 1.14 bits per heavy atom. The number of amides is 1. The number of hydrogen-bond donors (Lipinski definition) is 1. The fourth-order valence-corrected chi connectivity index (χ4v) is 4.04. The largest absolute Gasteiger partial charge is 0.365 e. The zero-order valence-electron chi connectivity index (χ0n) is 19.3. The van der Waals surface area contributed by atoms with E-state index in [0.717, 1.165) is 38.9 Å². The number of piperidine rings is 1. The van der Waals surface area contributed by atoms with Crippen molar-refractivity contribution < 1.29 is 4.79 Å². The molecule has 0 bridgehead atoms. The zero-order valence-corrected chi connectivity index (χ0v) is 19.3. The van der Waals surface area contributed by atoms with Gasteiger partial charge in [0.05, 0.1) is 6.04 Å². The molecule has 1 aliphatic heterocycles. The SMILES string of the molecule is CC(C)=CCN(c1ccc(C(C)C)cc1)C1CCN(C(=O)[C@@H](N)CC(C)C)CC1.